The Labute approximate surface area is 146 Å². The predicted octanol–water partition coefficient (Wildman–Crippen LogP) is 2.27. The van der Waals surface area contributed by atoms with Gasteiger partial charge >= 0.3 is 0 Å². The van der Waals surface area contributed by atoms with E-state index in [4.69, 9.17) is 0 Å². The van der Waals surface area contributed by atoms with E-state index in [0.717, 1.165) is 56.6 Å². The fourth-order valence-corrected chi connectivity index (χ4v) is 3.94. The van der Waals surface area contributed by atoms with Crippen LogP contribution in [0.2, 0.25) is 0 Å². The topological polar surface area (TPSA) is 59.0 Å². The number of halogens is 1. The summed E-state index contributed by atoms with van der Waals surface area (Å²) >= 11 is 0. The summed E-state index contributed by atoms with van der Waals surface area (Å²) in [6.07, 6.45) is 4.06. The molecule has 25 heavy (non-hydrogen) atoms. The molecule has 2 aromatic rings. The van der Waals surface area contributed by atoms with Crippen LogP contribution in [0.15, 0.2) is 30.3 Å². The summed E-state index contributed by atoms with van der Waals surface area (Å²) in [7, 11) is 0. The molecular weight excluding hydrogens is 319 g/mol. The van der Waals surface area contributed by atoms with Crippen LogP contribution in [0, 0.1) is 11.7 Å². The summed E-state index contributed by atoms with van der Waals surface area (Å²) in [4.78, 5) is 12.6. The number of fused-ring (bicyclic) bond motifs is 1. The lowest BCUT2D eigenvalue weighted by molar-refractivity contribution is 0.0921. The average Bonchev–Trinajstić information content (AvgIpc) is 3.24. The quantitative estimate of drug-likeness (QED) is 0.896. The van der Waals surface area contributed by atoms with Gasteiger partial charge in [0.1, 0.15) is 5.82 Å². The van der Waals surface area contributed by atoms with Crippen molar-refractivity contribution in [1.29, 1.82) is 0 Å². The Hall–Kier alpha value is -2.21. The molecule has 1 saturated carbocycles. The van der Waals surface area contributed by atoms with Gasteiger partial charge in [0.25, 0.3) is 5.91 Å². The molecule has 132 valence electrons. The van der Waals surface area contributed by atoms with Gasteiger partial charge in [0, 0.05) is 19.1 Å². The summed E-state index contributed by atoms with van der Waals surface area (Å²) in [5.41, 5.74) is 2.69. The zero-order chi connectivity index (χ0) is 17.2. The molecular formula is C19H23FN4O. The highest BCUT2D eigenvalue weighted by Crippen LogP contribution is 2.29. The van der Waals surface area contributed by atoms with Crippen LogP contribution in [-0.2, 0) is 19.5 Å². The first-order chi connectivity index (χ1) is 12.2. The maximum Gasteiger partial charge on any atom is 0.272 e. The van der Waals surface area contributed by atoms with Crippen molar-refractivity contribution in [3.8, 4) is 0 Å². The molecule has 0 saturated heterocycles. The molecule has 6 heteroatoms. The highest BCUT2D eigenvalue weighted by atomic mass is 19.1. The van der Waals surface area contributed by atoms with Crippen LogP contribution in [0.5, 0.6) is 0 Å². The standard InChI is InChI=1S/C19H23FN4O/c20-15-6-4-13(5-7-15)10-14-2-1-3-17(14)22-19(25)18-11-16-12-21-8-9-24(16)23-18/h4-7,11,14,17,21H,1-3,8-10,12H2,(H,22,25)/t14-,17-/m0/s1. The molecule has 1 aromatic carbocycles. The Morgan fingerprint density at radius 2 is 2.16 bits per heavy atom. The second-order valence-corrected chi connectivity index (χ2v) is 7.02. The van der Waals surface area contributed by atoms with E-state index < -0.39 is 0 Å². The number of carbonyl (C=O) groups is 1. The minimum Gasteiger partial charge on any atom is -0.348 e. The lowest BCUT2D eigenvalue weighted by Gasteiger charge is -2.20. The minimum absolute atomic E-state index is 0.0853. The lowest BCUT2D eigenvalue weighted by Crippen LogP contribution is -2.38. The maximum absolute atomic E-state index is 13.1. The monoisotopic (exact) mass is 342 g/mol. The van der Waals surface area contributed by atoms with Gasteiger partial charge in [-0.25, -0.2) is 4.39 Å². The van der Waals surface area contributed by atoms with Crippen molar-refractivity contribution in [2.24, 2.45) is 5.92 Å². The Morgan fingerprint density at radius 1 is 1.32 bits per heavy atom. The molecule has 0 spiro atoms. The second-order valence-electron chi connectivity index (χ2n) is 7.02. The van der Waals surface area contributed by atoms with E-state index in [-0.39, 0.29) is 17.8 Å². The Kier molecular flexibility index (Phi) is 4.53. The van der Waals surface area contributed by atoms with Crippen LogP contribution in [0.1, 0.15) is 41.0 Å². The second kappa shape index (κ2) is 6.96. The number of nitrogens with zero attached hydrogens (tertiary/aromatic N) is 2. The number of hydrogen-bond acceptors (Lipinski definition) is 3. The fourth-order valence-electron chi connectivity index (χ4n) is 3.94. The number of rotatable bonds is 4. The summed E-state index contributed by atoms with van der Waals surface area (Å²) in [5, 5.41) is 10.9. The molecule has 2 atom stereocenters. The first-order valence-electron chi connectivity index (χ1n) is 9.02. The molecule has 0 unspecified atom stereocenters. The van der Waals surface area contributed by atoms with Crippen LogP contribution in [0.25, 0.3) is 0 Å². The normalized spacial score (nSPS) is 22.6. The zero-order valence-electron chi connectivity index (χ0n) is 14.2. The van der Waals surface area contributed by atoms with E-state index in [1.165, 1.54) is 12.1 Å². The van der Waals surface area contributed by atoms with Crippen molar-refractivity contribution in [2.45, 2.75) is 44.8 Å². The van der Waals surface area contributed by atoms with Crippen molar-refractivity contribution in [2.75, 3.05) is 6.54 Å². The Balaban J connectivity index is 1.41. The third kappa shape index (κ3) is 3.58. The van der Waals surface area contributed by atoms with Crippen LogP contribution >= 0.6 is 0 Å². The van der Waals surface area contributed by atoms with E-state index in [9.17, 15) is 9.18 Å². The molecule has 1 aromatic heterocycles. The van der Waals surface area contributed by atoms with Crippen molar-refractivity contribution in [3.63, 3.8) is 0 Å². The molecule has 2 heterocycles. The van der Waals surface area contributed by atoms with Gasteiger partial charge in [0.2, 0.25) is 0 Å². The van der Waals surface area contributed by atoms with Crippen molar-refractivity contribution < 1.29 is 9.18 Å². The molecule has 2 N–H and O–H groups in total. The van der Waals surface area contributed by atoms with Crippen molar-refractivity contribution >= 4 is 5.91 Å². The molecule has 5 nitrogen and oxygen atoms in total. The highest BCUT2D eigenvalue weighted by Gasteiger charge is 2.29. The van der Waals surface area contributed by atoms with Gasteiger partial charge in [-0.1, -0.05) is 18.6 Å². The number of amides is 1. The molecule has 0 bridgehead atoms. The van der Waals surface area contributed by atoms with Gasteiger partial charge in [-0.3, -0.25) is 9.48 Å². The average molecular weight is 342 g/mol. The Bertz CT molecular complexity index is 732. The van der Waals surface area contributed by atoms with Gasteiger partial charge < -0.3 is 10.6 Å². The van der Waals surface area contributed by atoms with Crippen LogP contribution < -0.4 is 10.6 Å². The minimum atomic E-state index is -0.210. The third-order valence-corrected chi connectivity index (χ3v) is 5.29. The summed E-state index contributed by atoms with van der Waals surface area (Å²) in [6, 6.07) is 8.72. The van der Waals surface area contributed by atoms with Gasteiger partial charge in [-0.05, 0) is 48.9 Å². The van der Waals surface area contributed by atoms with E-state index in [1.54, 1.807) is 0 Å². The Morgan fingerprint density at radius 3 is 2.96 bits per heavy atom. The van der Waals surface area contributed by atoms with Crippen LogP contribution in [0.4, 0.5) is 4.39 Å². The van der Waals surface area contributed by atoms with Crippen LogP contribution in [0.3, 0.4) is 0 Å². The number of carbonyl (C=O) groups excluding carboxylic acids is 1. The summed E-state index contributed by atoms with van der Waals surface area (Å²) < 4.78 is 15.0. The SMILES string of the molecule is O=C(N[C@H]1CCC[C@H]1Cc1ccc(F)cc1)c1cc2n(n1)CCNC2. The molecule has 1 amide bonds. The first-order valence-corrected chi connectivity index (χ1v) is 9.02. The van der Waals surface area contributed by atoms with Crippen LogP contribution in [-0.4, -0.2) is 28.3 Å². The molecule has 4 rings (SSSR count). The highest BCUT2D eigenvalue weighted by molar-refractivity contribution is 5.92. The molecule has 2 aliphatic rings. The fraction of sp³-hybridized carbons (Fsp3) is 0.474. The molecule has 1 aliphatic carbocycles. The number of benzene rings is 1. The number of aromatic nitrogens is 2. The first kappa shape index (κ1) is 16.3. The van der Waals surface area contributed by atoms with E-state index >= 15 is 0 Å². The molecule has 1 aliphatic heterocycles. The molecule has 1 fully saturated rings. The largest absolute Gasteiger partial charge is 0.348 e. The van der Waals surface area contributed by atoms with Gasteiger partial charge in [-0.15, -0.1) is 0 Å². The van der Waals surface area contributed by atoms with E-state index in [2.05, 4.69) is 15.7 Å². The van der Waals surface area contributed by atoms with Crippen molar-refractivity contribution in [1.82, 2.24) is 20.4 Å². The van der Waals surface area contributed by atoms with E-state index in [0.29, 0.717) is 11.6 Å². The van der Waals surface area contributed by atoms with E-state index in [1.807, 2.05) is 22.9 Å². The van der Waals surface area contributed by atoms with Gasteiger partial charge in [0.05, 0.1) is 12.2 Å². The van der Waals surface area contributed by atoms with Gasteiger partial charge in [-0.2, -0.15) is 5.10 Å². The van der Waals surface area contributed by atoms with Crippen molar-refractivity contribution in [3.05, 3.63) is 53.1 Å². The maximum atomic E-state index is 13.1. The summed E-state index contributed by atoms with van der Waals surface area (Å²) in [5.74, 6) is 0.101. The lowest BCUT2D eigenvalue weighted by atomic mass is 9.94. The number of hydrogen-bond donors (Lipinski definition) is 2. The van der Waals surface area contributed by atoms with Gasteiger partial charge in [0.15, 0.2) is 5.69 Å². The summed E-state index contributed by atoms with van der Waals surface area (Å²) in [6.45, 7) is 2.45. The predicted molar refractivity (Wildman–Crippen MR) is 92.6 cm³/mol. The number of nitrogens with one attached hydrogen (secondary N) is 2. The molecule has 0 radical (unpaired) electrons. The zero-order valence-corrected chi connectivity index (χ0v) is 14.2. The third-order valence-electron chi connectivity index (χ3n) is 5.29. The smallest absolute Gasteiger partial charge is 0.272 e.